The number of anilines is 1. The molecule has 264 valence electrons. The normalized spacial score (nSPS) is 15.9. The molecule has 2 aromatic rings. The number of para-hydroxylation sites is 1. The molecule has 49 heavy (non-hydrogen) atoms. The number of alkyl carbamates (subject to hydrolysis) is 1. The summed E-state index contributed by atoms with van der Waals surface area (Å²) >= 11 is 0. The molecule has 0 aromatic heterocycles. The van der Waals surface area contributed by atoms with Crippen LogP contribution in [-0.4, -0.2) is 90.0 Å². The van der Waals surface area contributed by atoms with Crippen LogP contribution in [0.2, 0.25) is 0 Å². The number of allylic oxidation sites excluding steroid dienone is 2. The zero-order valence-corrected chi connectivity index (χ0v) is 28.3. The second kappa shape index (κ2) is 22.4. The molecular formula is C38H49N3O8. The highest BCUT2D eigenvalue weighted by atomic mass is 16.6. The lowest BCUT2D eigenvalue weighted by Crippen LogP contribution is -2.34. The van der Waals surface area contributed by atoms with E-state index >= 15 is 0 Å². The largest absolute Gasteiger partial charge is 0.446 e. The second-order valence-electron chi connectivity index (χ2n) is 11.6. The van der Waals surface area contributed by atoms with Crippen LogP contribution in [-0.2, 0) is 39.8 Å². The van der Waals surface area contributed by atoms with Gasteiger partial charge < -0.3 is 39.2 Å². The average molecular weight is 676 g/mol. The highest BCUT2D eigenvalue weighted by molar-refractivity contribution is 5.96. The Bertz CT molecular complexity index is 1420. The van der Waals surface area contributed by atoms with Crippen molar-refractivity contribution >= 4 is 23.6 Å². The number of nitrogens with one attached hydrogen (secondary N) is 2. The molecule has 1 aliphatic heterocycles. The van der Waals surface area contributed by atoms with Gasteiger partial charge >= 0.3 is 6.09 Å². The van der Waals surface area contributed by atoms with Crippen LogP contribution in [0.4, 0.5) is 10.5 Å². The fraction of sp³-hybridized carbons (Fsp3) is 0.500. The number of hydrogen-bond acceptors (Lipinski definition) is 8. The van der Waals surface area contributed by atoms with Gasteiger partial charge in [0.05, 0.1) is 65.1 Å². The maximum Gasteiger partial charge on any atom is 0.407 e. The Balaban J connectivity index is 0.945. The van der Waals surface area contributed by atoms with Gasteiger partial charge in [-0.1, -0.05) is 54.3 Å². The molecular weight excluding hydrogens is 626 g/mol. The van der Waals surface area contributed by atoms with Gasteiger partial charge in [-0.3, -0.25) is 9.59 Å². The molecule has 1 atom stereocenters. The summed E-state index contributed by atoms with van der Waals surface area (Å²) in [5, 5.41) is 5.54. The molecule has 11 heteroatoms. The Morgan fingerprint density at radius 3 is 2.06 bits per heavy atom. The van der Waals surface area contributed by atoms with Crippen LogP contribution in [0.1, 0.15) is 61.6 Å². The predicted octanol–water partition coefficient (Wildman–Crippen LogP) is 4.51. The van der Waals surface area contributed by atoms with Gasteiger partial charge in [0.25, 0.3) is 0 Å². The van der Waals surface area contributed by atoms with E-state index in [0.29, 0.717) is 72.5 Å². The zero-order valence-electron chi connectivity index (χ0n) is 28.3. The number of ether oxygens (including phenoxy) is 5. The number of nitrogens with zero attached hydrogens (tertiary/aromatic N) is 1. The third-order valence-corrected chi connectivity index (χ3v) is 7.93. The molecule has 0 fully saturated rings. The van der Waals surface area contributed by atoms with Crippen molar-refractivity contribution in [2.75, 3.05) is 70.8 Å². The van der Waals surface area contributed by atoms with Crippen molar-refractivity contribution < 1.29 is 38.1 Å². The summed E-state index contributed by atoms with van der Waals surface area (Å²) in [6.07, 6.45) is 8.89. The minimum atomic E-state index is -0.391. The number of amides is 3. The minimum Gasteiger partial charge on any atom is -0.446 e. The quantitative estimate of drug-likeness (QED) is 0.127. The summed E-state index contributed by atoms with van der Waals surface area (Å²) < 4.78 is 27.5. The summed E-state index contributed by atoms with van der Waals surface area (Å²) in [7, 11) is 0. The van der Waals surface area contributed by atoms with Crippen molar-refractivity contribution in [3.63, 3.8) is 0 Å². The van der Waals surface area contributed by atoms with E-state index in [2.05, 4.69) is 34.6 Å². The van der Waals surface area contributed by atoms with Crippen molar-refractivity contribution in [2.45, 2.75) is 57.6 Å². The zero-order chi connectivity index (χ0) is 34.4. The first-order chi connectivity index (χ1) is 24.1. The van der Waals surface area contributed by atoms with Gasteiger partial charge in [-0.2, -0.15) is 0 Å². The second-order valence-corrected chi connectivity index (χ2v) is 11.6. The first kappa shape index (κ1) is 37.6. The number of benzene rings is 2. The van der Waals surface area contributed by atoms with Crippen molar-refractivity contribution in [3.05, 3.63) is 77.4 Å². The summed E-state index contributed by atoms with van der Waals surface area (Å²) in [5.74, 6) is 6.07. The molecule has 0 saturated carbocycles. The van der Waals surface area contributed by atoms with Crippen molar-refractivity contribution in [3.8, 4) is 11.8 Å². The number of rotatable bonds is 19. The lowest BCUT2D eigenvalue weighted by Gasteiger charge is -2.26. The fourth-order valence-electron chi connectivity index (χ4n) is 5.34. The van der Waals surface area contributed by atoms with E-state index in [9.17, 15) is 14.4 Å². The summed E-state index contributed by atoms with van der Waals surface area (Å²) in [6.45, 7) is 4.38. The maximum atomic E-state index is 13.3. The molecule has 1 heterocycles. The van der Waals surface area contributed by atoms with E-state index in [-0.39, 0.29) is 30.8 Å². The standard InChI is InChI=1S/C38H49N3O8/c42-36(18-19-37(43)41-30-33-12-7-6-10-31(33)16-17-32-11-8-9-15-35(32)41)39-20-22-45-24-26-47-28-29-48-27-25-46-23-21-40-38(44)49-34-13-4-2-1-3-5-14-34/h1-2,6-12,15,34H,3-5,13-14,18-30H2,(H,39,42)(H,40,44)/b2-1-. The molecule has 0 spiro atoms. The monoisotopic (exact) mass is 675 g/mol. The number of fused-ring (bicyclic) bond motifs is 2. The van der Waals surface area contributed by atoms with Crippen LogP contribution in [0.15, 0.2) is 60.7 Å². The van der Waals surface area contributed by atoms with Gasteiger partial charge in [-0.05, 0) is 55.9 Å². The lowest BCUT2D eigenvalue weighted by molar-refractivity contribution is -0.125. The van der Waals surface area contributed by atoms with Gasteiger partial charge in [0.2, 0.25) is 11.8 Å². The molecule has 2 aliphatic rings. The molecule has 0 bridgehead atoms. The summed E-state index contributed by atoms with van der Waals surface area (Å²) in [4.78, 5) is 39.3. The third-order valence-electron chi connectivity index (χ3n) is 7.93. The van der Waals surface area contributed by atoms with Gasteiger partial charge in [0.1, 0.15) is 6.10 Å². The van der Waals surface area contributed by atoms with E-state index < -0.39 is 6.09 Å². The smallest absolute Gasteiger partial charge is 0.407 e. The van der Waals surface area contributed by atoms with E-state index in [1.165, 1.54) is 0 Å². The first-order valence-electron chi connectivity index (χ1n) is 17.3. The predicted molar refractivity (Wildman–Crippen MR) is 186 cm³/mol. The van der Waals surface area contributed by atoms with Crippen molar-refractivity contribution in [1.29, 1.82) is 0 Å². The van der Waals surface area contributed by atoms with Crippen LogP contribution in [0.5, 0.6) is 0 Å². The highest BCUT2D eigenvalue weighted by Crippen LogP contribution is 2.26. The van der Waals surface area contributed by atoms with E-state index in [1.54, 1.807) is 4.90 Å². The third kappa shape index (κ3) is 14.4. The van der Waals surface area contributed by atoms with Crippen LogP contribution >= 0.6 is 0 Å². The van der Waals surface area contributed by atoms with Crippen LogP contribution in [0, 0.1) is 11.8 Å². The van der Waals surface area contributed by atoms with Crippen LogP contribution in [0.25, 0.3) is 0 Å². The average Bonchev–Trinajstić information content (AvgIpc) is 3.09. The van der Waals surface area contributed by atoms with Gasteiger partial charge in [0.15, 0.2) is 0 Å². The molecule has 4 rings (SSSR count). The Labute approximate surface area is 289 Å². The molecule has 3 amide bonds. The van der Waals surface area contributed by atoms with Gasteiger partial charge in [-0.25, -0.2) is 4.79 Å². The lowest BCUT2D eigenvalue weighted by atomic mass is 10.0. The molecule has 1 unspecified atom stereocenters. The molecule has 1 aliphatic carbocycles. The Hall–Kier alpha value is -4.21. The number of carbonyl (C=O) groups excluding carboxylic acids is 3. The SMILES string of the molecule is O=C(CCC(=O)N1Cc2ccccc2C#Cc2ccccc21)NCCOCCOCCOCCOCCNC(=O)OC1CC/C=C\CCC1. The van der Waals surface area contributed by atoms with E-state index in [4.69, 9.17) is 23.7 Å². The van der Waals surface area contributed by atoms with E-state index in [0.717, 1.165) is 54.5 Å². The molecule has 0 saturated heterocycles. The van der Waals surface area contributed by atoms with Gasteiger partial charge in [-0.15, -0.1) is 0 Å². The van der Waals surface area contributed by atoms with Crippen LogP contribution < -0.4 is 15.5 Å². The Kier molecular flexibility index (Phi) is 17.2. The van der Waals surface area contributed by atoms with Crippen molar-refractivity contribution in [1.82, 2.24) is 10.6 Å². The Morgan fingerprint density at radius 1 is 0.694 bits per heavy atom. The van der Waals surface area contributed by atoms with Gasteiger partial charge in [0, 0.05) is 37.1 Å². The Morgan fingerprint density at radius 2 is 1.31 bits per heavy atom. The minimum absolute atomic E-state index is 0.0216. The highest BCUT2D eigenvalue weighted by Gasteiger charge is 2.21. The summed E-state index contributed by atoms with van der Waals surface area (Å²) in [6, 6.07) is 15.4. The fourth-order valence-corrected chi connectivity index (χ4v) is 5.34. The first-order valence-corrected chi connectivity index (χ1v) is 17.3. The van der Waals surface area contributed by atoms with Crippen molar-refractivity contribution in [2.24, 2.45) is 0 Å². The molecule has 2 aromatic carbocycles. The molecule has 0 radical (unpaired) electrons. The summed E-state index contributed by atoms with van der Waals surface area (Å²) in [5.41, 5.74) is 3.41. The number of hydrogen-bond donors (Lipinski definition) is 2. The maximum absolute atomic E-state index is 13.3. The van der Waals surface area contributed by atoms with Crippen LogP contribution in [0.3, 0.4) is 0 Å². The number of carbonyl (C=O) groups is 3. The van der Waals surface area contributed by atoms with E-state index in [1.807, 2.05) is 48.5 Å². The topological polar surface area (TPSA) is 125 Å². The molecule has 2 N–H and O–H groups in total. The molecule has 11 nitrogen and oxygen atoms in total.